The molecule has 0 spiro atoms. The molecule has 2 rings (SSSR count). The summed E-state index contributed by atoms with van der Waals surface area (Å²) in [5.74, 6) is 1.19. The predicted octanol–water partition coefficient (Wildman–Crippen LogP) is 2.02. The molecule has 0 aromatic carbocycles. The van der Waals surface area contributed by atoms with E-state index in [1.807, 2.05) is 11.8 Å². The minimum Gasteiger partial charge on any atom is -0.356 e. The lowest BCUT2D eigenvalue weighted by molar-refractivity contribution is -0.121. The van der Waals surface area contributed by atoms with Gasteiger partial charge in [-0.3, -0.25) is 4.79 Å². The molecule has 21 heavy (non-hydrogen) atoms. The molecule has 120 valence electrons. The number of carbonyl (C=O) groups is 2. The summed E-state index contributed by atoms with van der Waals surface area (Å²) >= 11 is 1.94. The SMILES string of the molecule is CCCCCNC(=O)CCCC[C@@H]1SC[C@@H]2NC(=O)N[C@@H]21. The number of fused-ring (bicyclic) bond motifs is 1. The Balaban J connectivity index is 1.52. The Morgan fingerprint density at radius 1 is 1.29 bits per heavy atom. The fourth-order valence-electron chi connectivity index (χ4n) is 2.97. The summed E-state index contributed by atoms with van der Waals surface area (Å²) in [6, 6.07) is 0.557. The van der Waals surface area contributed by atoms with Crippen molar-refractivity contribution in [3.8, 4) is 0 Å². The highest BCUT2D eigenvalue weighted by Gasteiger charge is 2.42. The van der Waals surface area contributed by atoms with Crippen LogP contribution in [0.1, 0.15) is 51.9 Å². The van der Waals surface area contributed by atoms with Crippen LogP contribution in [0.2, 0.25) is 0 Å². The lowest BCUT2D eigenvalue weighted by Crippen LogP contribution is -2.36. The van der Waals surface area contributed by atoms with E-state index in [0.29, 0.717) is 17.7 Å². The van der Waals surface area contributed by atoms with Crippen LogP contribution in [0.3, 0.4) is 0 Å². The van der Waals surface area contributed by atoms with Gasteiger partial charge in [-0.2, -0.15) is 11.8 Å². The Kier molecular flexibility index (Phi) is 6.67. The van der Waals surface area contributed by atoms with Gasteiger partial charge in [0, 0.05) is 24.0 Å². The topological polar surface area (TPSA) is 70.2 Å². The first kappa shape index (κ1) is 16.5. The second-order valence-corrected chi connectivity index (χ2v) is 7.20. The number of nitrogens with one attached hydrogen (secondary N) is 3. The van der Waals surface area contributed by atoms with Gasteiger partial charge in [-0.1, -0.05) is 26.2 Å². The third kappa shape index (κ3) is 5.09. The number of rotatable bonds is 9. The zero-order valence-electron chi connectivity index (χ0n) is 12.8. The van der Waals surface area contributed by atoms with Gasteiger partial charge < -0.3 is 16.0 Å². The Labute approximate surface area is 131 Å². The highest BCUT2D eigenvalue weighted by atomic mass is 32.2. The van der Waals surface area contributed by atoms with Crippen molar-refractivity contribution in [1.29, 1.82) is 0 Å². The molecule has 2 aliphatic rings. The molecule has 2 saturated heterocycles. The number of amides is 3. The third-order valence-electron chi connectivity index (χ3n) is 4.18. The molecule has 6 heteroatoms. The molecular formula is C15H27N3O2S. The van der Waals surface area contributed by atoms with Crippen molar-refractivity contribution in [2.45, 2.75) is 69.2 Å². The number of carbonyl (C=O) groups excluding carboxylic acids is 2. The largest absolute Gasteiger partial charge is 0.356 e. The summed E-state index contributed by atoms with van der Waals surface area (Å²) in [5, 5.41) is 9.44. The molecule has 2 aliphatic heterocycles. The standard InChI is InChI=1S/C15H27N3O2S/c1-2-3-6-9-16-13(19)8-5-4-7-12-14-11(10-21-12)17-15(20)18-14/h11-12,14H,2-10H2,1H3,(H,16,19)(H2,17,18,20)/t11-,12-,14-/m0/s1. The summed E-state index contributed by atoms with van der Waals surface area (Å²) in [6.45, 7) is 2.97. The van der Waals surface area contributed by atoms with Crippen LogP contribution in [0.25, 0.3) is 0 Å². The van der Waals surface area contributed by atoms with Crippen LogP contribution in [-0.4, -0.2) is 41.6 Å². The van der Waals surface area contributed by atoms with Crippen molar-refractivity contribution in [3.05, 3.63) is 0 Å². The maximum Gasteiger partial charge on any atom is 0.315 e. The fraction of sp³-hybridized carbons (Fsp3) is 0.867. The molecule has 0 radical (unpaired) electrons. The van der Waals surface area contributed by atoms with E-state index in [1.165, 1.54) is 12.8 Å². The van der Waals surface area contributed by atoms with E-state index in [9.17, 15) is 9.59 Å². The van der Waals surface area contributed by atoms with Gasteiger partial charge in [0.15, 0.2) is 0 Å². The fourth-order valence-corrected chi connectivity index (χ4v) is 4.51. The van der Waals surface area contributed by atoms with Crippen molar-refractivity contribution in [1.82, 2.24) is 16.0 Å². The Hall–Kier alpha value is -0.910. The van der Waals surface area contributed by atoms with Crippen LogP contribution in [-0.2, 0) is 4.79 Å². The maximum absolute atomic E-state index is 11.6. The lowest BCUT2D eigenvalue weighted by atomic mass is 10.0. The van der Waals surface area contributed by atoms with Crippen molar-refractivity contribution in [2.75, 3.05) is 12.3 Å². The summed E-state index contributed by atoms with van der Waals surface area (Å²) < 4.78 is 0. The van der Waals surface area contributed by atoms with Gasteiger partial charge >= 0.3 is 6.03 Å². The van der Waals surface area contributed by atoms with E-state index in [1.54, 1.807) is 0 Å². The zero-order valence-corrected chi connectivity index (χ0v) is 13.6. The third-order valence-corrected chi connectivity index (χ3v) is 5.69. The molecule has 2 heterocycles. The molecule has 0 saturated carbocycles. The highest BCUT2D eigenvalue weighted by molar-refractivity contribution is 8.00. The van der Waals surface area contributed by atoms with E-state index < -0.39 is 0 Å². The predicted molar refractivity (Wildman–Crippen MR) is 86.5 cm³/mol. The molecular weight excluding hydrogens is 286 g/mol. The van der Waals surface area contributed by atoms with Gasteiger partial charge in [0.2, 0.25) is 5.91 Å². The summed E-state index contributed by atoms with van der Waals surface area (Å²) in [4.78, 5) is 22.9. The van der Waals surface area contributed by atoms with E-state index in [4.69, 9.17) is 0 Å². The van der Waals surface area contributed by atoms with E-state index in [0.717, 1.165) is 38.0 Å². The molecule has 3 N–H and O–H groups in total. The molecule has 0 aromatic rings. The molecule has 2 fully saturated rings. The smallest absolute Gasteiger partial charge is 0.315 e. The maximum atomic E-state index is 11.6. The van der Waals surface area contributed by atoms with E-state index >= 15 is 0 Å². The summed E-state index contributed by atoms with van der Waals surface area (Å²) in [5.41, 5.74) is 0. The molecule has 0 unspecified atom stereocenters. The number of unbranched alkanes of at least 4 members (excludes halogenated alkanes) is 3. The zero-order chi connectivity index (χ0) is 15.1. The highest BCUT2D eigenvalue weighted by Crippen LogP contribution is 2.33. The first-order valence-electron chi connectivity index (χ1n) is 8.16. The monoisotopic (exact) mass is 313 g/mol. The van der Waals surface area contributed by atoms with Crippen molar-refractivity contribution < 1.29 is 9.59 Å². The number of urea groups is 1. The van der Waals surface area contributed by atoms with E-state index in [-0.39, 0.29) is 18.0 Å². The van der Waals surface area contributed by atoms with Crippen LogP contribution in [0.4, 0.5) is 4.79 Å². The average molecular weight is 313 g/mol. The quantitative estimate of drug-likeness (QED) is 0.450. The van der Waals surface area contributed by atoms with Crippen LogP contribution in [0.5, 0.6) is 0 Å². The van der Waals surface area contributed by atoms with Gasteiger partial charge in [0.05, 0.1) is 12.1 Å². The first-order chi connectivity index (χ1) is 10.2. The molecule has 3 atom stereocenters. The summed E-state index contributed by atoms with van der Waals surface area (Å²) in [6.07, 6.45) is 7.15. The Morgan fingerprint density at radius 2 is 2.14 bits per heavy atom. The van der Waals surface area contributed by atoms with Crippen LogP contribution >= 0.6 is 11.8 Å². The average Bonchev–Trinajstić information content (AvgIpc) is 2.99. The van der Waals surface area contributed by atoms with Crippen molar-refractivity contribution >= 4 is 23.7 Å². The first-order valence-corrected chi connectivity index (χ1v) is 9.21. The molecule has 0 bridgehead atoms. The molecule has 5 nitrogen and oxygen atoms in total. The van der Waals surface area contributed by atoms with Crippen LogP contribution in [0.15, 0.2) is 0 Å². The van der Waals surface area contributed by atoms with E-state index in [2.05, 4.69) is 22.9 Å². The molecule has 0 aromatic heterocycles. The van der Waals surface area contributed by atoms with Crippen LogP contribution in [0, 0.1) is 0 Å². The number of thioether (sulfide) groups is 1. The lowest BCUT2D eigenvalue weighted by Gasteiger charge is -2.16. The van der Waals surface area contributed by atoms with Crippen molar-refractivity contribution in [3.63, 3.8) is 0 Å². The van der Waals surface area contributed by atoms with Gasteiger partial charge in [-0.15, -0.1) is 0 Å². The minimum absolute atomic E-state index is 0.0262. The number of hydrogen-bond donors (Lipinski definition) is 3. The van der Waals surface area contributed by atoms with Gasteiger partial charge in [0.25, 0.3) is 0 Å². The number of hydrogen-bond acceptors (Lipinski definition) is 3. The minimum atomic E-state index is -0.0262. The van der Waals surface area contributed by atoms with Crippen LogP contribution < -0.4 is 16.0 Å². The van der Waals surface area contributed by atoms with Crippen molar-refractivity contribution in [2.24, 2.45) is 0 Å². The normalized spacial score (nSPS) is 27.1. The molecule has 0 aliphatic carbocycles. The Morgan fingerprint density at radius 3 is 2.95 bits per heavy atom. The van der Waals surface area contributed by atoms with Gasteiger partial charge in [-0.25, -0.2) is 4.79 Å². The van der Waals surface area contributed by atoms with Gasteiger partial charge in [-0.05, 0) is 19.3 Å². The summed E-state index contributed by atoms with van der Waals surface area (Å²) in [7, 11) is 0. The Bertz CT molecular complexity index is 365. The molecule has 3 amide bonds. The second-order valence-electron chi connectivity index (χ2n) is 5.92. The van der Waals surface area contributed by atoms with Gasteiger partial charge in [0.1, 0.15) is 0 Å². The second kappa shape index (κ2) is 8.51.